The average Bonchev–Trinajstić information content (AvgIpc) is 2.13. The molecule has 0 unspecified atom stereocenters. The molecule has 0 bridgehead atoms. The molecule has 0 aromatic carbocycles. The number of aryl methyl sites for hydroxylation is 1. The highest BCUT2D eigenvalue weighted by atomic mass is 19.4. The number of hydrogen-bond donors (Lipinski definition) is 1. The maximum atomic E-state index is 12.5. The van der Waals surface area contributed by atoms with Gasteiger partial charge in [-0.05, 0) is 31.9 Å². The molecule has 15 heavy (non-hydrogen) atoms. The van der Waals surface area contributed by atoms with Crippen LogP contribution in [0.2, 0.25) is 0 Å². The Morgan fingerprint density at radius 2 is 2.13 bits per heavy atom. The predicted octanol–water partition coefficient (Wildman–Crippen LogP) is 2.41. The summed E-state index contributed by atoms with van der Waals surface area (Å²) >= 11 is 0. The minimum atomic E-state index is -4.37. The first kappa shape index (κ1) is 12.0. The van der Waals surface area contributed by atoms with Gasteiger partial charge in [0.05, 0.1) is 17.4 Å². The predicted molar refractivity (Wildman–Crippen MR) is 49.2 cm³/mol. The number of halogens is 3. The minimum Gasteiger partial charge on any atom is -0.393 e. The van der Waals surface area contributed by atoms with Crippen LogP contribution in [0, 0.1) is 0 Å². The summed E-state index contributed by atoms with van der Waals surface area (Å²) in [7, 11) is 0. The van der Waals surface area contributed by atoms with E-state index in [4.69, 9.17) is 5.11 Å². The van der Waals surface area contributed by atoms with E-state index in [1.165, 1.54) is 19.2 Å². The van der Waals surface area contributed by atoms with Gasteiger partial charge in [0.2, 0.25) is 0 Å². The van der Waals surface area contributed by atoms with Crippen molar-refractivity contribution in [3.63, 3.8) is 0 Å². The minimum absolute atomic E-state index is 0.00843. The van der Waals surface area contributed by atoms with Gasteiger partial charge in [-0.2, -0.15) is 13.2 Å². The quantitative estimate of drug-likeness (QED) is 0.846. The molecule has 1 heterocycles. The highest BCUT2D eigenvalue weighted by Crippen LogP contribution is 2.31. The second kappa shape index (κ2) is 4.61. The smallest absolute Gasteiger partial charge is 0.393 e. The summed E-state index contributed by atoms with van der Waals surface area (Å²) in [5.74, 6) is 0. The first-order valence-electron chi connectivity index (χ1n) is 4.60. The van der Waals surface area contributed by atoms with Crippen molar-refractivity contribution in [1.82, 2.24) is 4.98 Å². The maximum absolute atomic E-state index is 12.5. The van der Waals surface area contributed by atoms with Crippen LogP contribution in [0.4, 0.5) is 13.2 Å². The van der Waals surface area contributed by atoms with Crippen LogP contribution in [0.15, 0.2) is 18.3 Å². The highest BCUT2D eigenvalue weighted by Gasteiger charge is 2.33. The number of aliphatic hydroxyl groups is 1. The lowest BCUT2D eigenvalue weighted by Gasteiger charge is -2.11. The first-order valence-corrected chi connectivity index (χ1v) is 4.60. The van der Waals surface area contributed by atoms with Gasteiger partial charge in [0.15, 0.2) is 0 Å². The molecule has 5 heteroatoms. The molecule has 2 nitrogen and oxygen atoms in total. The van der Waals surface area contributed by atoms with E-state index < -0.39 is 17.8 Å². The van der Waals surface area contributed by atoms with Crippen molar-refractivity contribution in [2.24, 2.45) is 0 Å². The number of alkyl halides is 3. The Morgan fingerprint density at radius 3 is 2.67 bits per heavy atom. The third-order valence-corrected chi connectivity index (χ3v) is 1.99. The van der Waals surface area contributed by atoms with Gasteiger partial charge in [-0.15, -0.1) is 0 Å². The van der Waals surface area contributed by atoms with Crippen molar-refractivity contribution >= 4 is 0 Å². The number of hydrogen-bond acceptors (Lipinski definition) is 2. The lowest BCUT2D eigenvalue weighted by molar-refractivity contribution is -0.138. The fourth-order valence-electron chi connectivity index (χ4n) is 1.24. The van der Waals surface area contributed by atoms with Gasteiger partial charge in [0.1, 0.15) is 0 Å². The van der Waals surface area contributed by atoms with Crippen LogP contribution >= 0.6 is 0 Å². The van der Waals surface area contributed by atoms with E-state index in [0.29, 0.717) is 0 Å². The number of pyridine rings is 1. The van der Waals surface area contributed by atoms with Crippen LogP contribution < -0.4 is 0 Å². The Balaban J connectivity index is 2.87. The van der Waals surface area contributed by atoms with Crippen molar-refractivity contribution < 1.29 is 18.3 Å². The number of aliphatic hydroxyl groups excluding tert-OH is 1. The van der Waals surface area contributed by atoms with Gasteiger partial charge < -0.3 is 5.11 Å². The zero-order valence-corrected chi connectivity index (χ0v) is 8.25. The Labute approximate surface area is 85.8 Å². The molecule has 0 saturated carbocycles. The molecule has 1 rings (SSSR count). The Bertz CT molecular complexity index is 323. The summed E-state index contributed by atoms with van der Waals surface area (Å²) in [6.07, 6.45) is -3.25. The normalized spacial score (nSPS) is 13.9. The summed E-state index contributed by atoms with van der Waals surface area (Å²) in [5, 5.41) is 9.00. The molecule has 1 atom stereocenters. The second-order valence-corrected chi connectivity index (χ2v) is 3.38. The number of aromatic nitrogens is 1. The summed E-state index contributed by atoms with van der Waals surface area (Å²) in [6, 6.07) is 2.26. The molecule has 0 spiro atoms. The lowest BCUT2D eigenvalue weighted by atomic mass is 10.1. The SMILES string of the molecule is C[C@@H](O)CCc1ncccc1C(F)(F)F. The van der Waals surface area contributed by atoms with Gasteiger partial charge in [0, 0.05) is 6.20 Å². The van der Waals surface area contributed by atoms with Gasteiger partial charge in [-0.1, -0.05) is 0 Å². The van der Waals surface area contributed by atoms with Crippen LogP contribution in [-0.4, -0.2) is 16.2 Å². The summed E-state index contributed by atoms with van der Waals surface area (Å²) in [6.45, 7) is 1.54. The van der Waals surface area contributed by atoms with Gasteiger partial charge in [-0.25, -0.2) is 0 Å². The third kappa shape index (κ3) is 3.51. The monoisotopic (exact) mass is 219 g/mol. The lowest BCUT2D eigenvalue weighted by Crippen LogP contribution is -2.12. The Kier molecular flexibility index (Phi) is 3.68. The fourth-order valence-corrected chi connectivity index (χ4v) is 1.24. The van der Waals surface area contributed by atoms with Crippen LogP contribution in [-0.2, 0) is 12.6 Å². The van der Waals surface area contributed by atoms with E-state index in [0.717, 1.165) is 6.07 Å². The molecule has 1 aromatic rings. The van der Waals surface area contributed by atoms with Crippen molar-refractivity contribution in [2.75, 3.05) is 0 Å². The van der Waals surface area contributed by atoms with E-state index in [-0.39, 0.29) is 18.5 Å². The molecular weight excluding hydrogens is 207 g/mol. The first-order chi connectivity index (χ1) is 6.91. The van der Waals surface area contributed by atoms with Gasteiger partial charge >= 0.3 is 6.18 Å². The molecule has 0 aliphatic heterocycles. The highest BCUT2D eigenvalue weighted by molar-refractivity contribution is 5.23. The average molecular weight is 219 g/mol. The summed E-state index contributed by atoms with van der Waals surface area (Å²) in [5.41, 5.74) is -0.725. The molecular formula is C10H12F3NO. The Hall–Kier alpha value is -1.10. The summed E-state index contributed by atoms with van der Waals surface area (Å²) < 4.78 is 37.4. The largest absolute Gasteiger partial charge is 0.418 e. The molecule has 1 aromatic heterocycles. The van der Waals surface area contributed by atoms with Crippen LogP contribution in [0.3, 0.4) is 0 Å². The van der Waals surface area contributed by atoms with E-state index in [1.54, 1.807) is 0 Å². The fraction of sp³-hybridized carbons (Fsp3) is 0.500. The van der Waals surface area contributed by atoms with Gasteiger partial charge in [-0.3, -0.25) is 4.98 Å². The van der Waals surface area contributed by atoms with E-state index in [1.807, 2.05) is 0 Å². The molecule has 0 radical (unpaired) electrons. The topological polar surface area (TPSA) is 33.1 Å². The van der Waals surface area contributed by atoms with Crippen LogP contribution in [0.5, 0.6) is 0 Å². The molecule has 0 fully saturated rings. The third-order valence-electron chi connectivity index (χ3n) is 1.99. The molecule has 0 aliphatic rings. The van der Waals surface area contributed by atoms with Gasteiger partial charge in [0.25, 0.3) is 0 Å². The molecule has 0 amide bonds. The molecule has 0 saturated heterocycles. The zero-order chi connectivity index (χ0) is 11.5. The summed E-state index contributed by atoms with van der Waals surface area (Å²) in [4.78, 5) is 3.69. The van der Waals surface area contributed by atoms with E-state index >= 15 is 0 Å². The van der Waals surface area contributed by atoms with E-state index in [9.17, 15) is 13.2 Å². The second-order valence-electron chi connectivity index (χ2n) is 3.38. The standard InChI is InChI=1S/C10H12F3NO/c1-7(15)4-5-9-8(10(11,12)13)3-2-6-14-9/h2-3,6-7,15H,4-5H2,1H3/t7-/m1/s1. The molecule has 84 valence electrons. The van der Waals surface area contributed by atoms with Crippen molar-refractivity contribution in [1.29, 1.82) is 0 Å². The number of nitrogens with zero attached hydrogens (tertiary/aromatic N) is 1. The molecule has 0 aliphatic carbocycles. The Morgan fingerprint density at radius 1 is 1.47 bits per heavy atom. The van der Waals surface area contributed by atoms with Crippen molar-refractivity contribution in [3.8, 4) is 0 Å². The van der Waals surface area contributed by atoms with Crippen molar-refractivity contribution in [2.45, 2.75) is 32.0 Å². The van der Waals surface area contributed by atoms with Crippen LogP contribution in [0.25, 0.3) is 0 Å². The van der Waals surface area contributed by atoms with Crippen molar-refractivity contribution in [3.05, 3.63) is 29.6 Å². The van der Waals surface area contributed by atoms with Crippen LogP contribution in [0.1, 0.15) is 24.6 Å². The number of rotatable bonds is 3. The zero-order valence-electron chi connectivity index (χ0n) is 8.25. The van der Waals surface area contributed by atoms with E-state index in [2.05, 4.69) is 4.98 Å². The molecule has 1 N–H and O–H groups in total. The maximum Gasteiger partial charge on any atom is 0.418 e.